The van der Waals surface area contributed by atoms with E-state index in [0.717, 1.165) is 21.7 Å². The van der Waals surface area contributed by atoms with Crippen molar-refractivity contribution < 1.29 is 17.6 Å². The number of sulfonamides is 1. The van der Waals surface area contributed by atoms with Crippen LogP contribution in [0.2, 0.25) is 0 Å². The number of amides is 1. The van der Waals surface area contributed by atoms with E-state index in [4.69, 9.17) is 0 Å². The molecule has 146 valence electrons. The van der Waals surface area contributed by atoms with Crippen molar-refractivity contribution >= 4 is 21.6 Å². The van der Waals surface area contributed by atoms with E-state index in [1.807, 2.05) is 38.1 Å². The van der Waals surface area contributed by atoms with E-state index < -0.39 is 27.8 Å². The van der Waals surface area contributed by atoms with Gasteiger partial charge in [-0.15, -0.1) is 0 Å². The molecule has 0 spiro atoms. The average Bonchev–Trinajstić information content (AvgIpc) is 2.61. The molecule has 0 aliphatic heterocycles. The molecule has 0 aliphatic rings. The van der Waals surface area contributed by atoms with Crippen LogP contribution in [0.5, 0.6) is 0 Å². The van der Waals surface area contributed by atoms with E-state index in [0.29, 0.717) is 6.42 Å². The molecule has 2 rings (SSSR count). The lowest BCUT2D eigenvalue weighted by atomic mass is 10.0. The molecule has 0 radical (unpaired) electrons. The molecule has 2 unspecified atom stereocenters. The highest BCUT2D eigenvalue weighted by Gasteiger charge is 2.31. The maximum absolute atomic E-state index is 14.2. The molecule has 0 fully saturated rings. The second-order valence-corrected chi connectivity index (χ2v) is 8.43. The zero-order chi connectivity index (χ0) is 20.2. The number of halogens is 1. The number of carbonyl (C=O) groups is 1. The van der Waals surface area contributed by atoms with Crippen LogP contribution in [-0.4, -0.2) is 26.6 Å². The third kappa shape index (κ3) is 5.07. The summed E-state index contributed by atoms with van der Waals surface area (Å²) in [6, 6.07) is 11.9. The lowest BCUT2D eigenvalue weighted by Crippen LogP contribution is -2.48. The van der Waals surface area contributed by atoms with Gasteiger partial charge in [0.1, 0.15) is 11.9 Å². The van der Waals surface area contributed by atoms with E-state index in [1.165, 1.54) is 31.2 Å². The van der Waals surface area contributed by atoms with Crippen LogP contribution in [0.3, 0.4) is 0 Å². The Bertz CT molecular complexity index is 898. The van der Waals surface area contributed by atoms with E-state index in [9.17, 15) is 17.6 Å². The Morgan fingerprint density at radius 1 is 1.15 bits per heavy atom. The predicted octanol–water partition coefficient (Wildman–Crippen LogP) is 3.56. The number of nitrogens with zero attached hydrogens (tertiary/aromatic N) is 1. The maximum Gasteiger partial charge on any atom is 0.244 e. The Balaban J connectivity index is 2.29. The fourth-order valence-electron chi connectivity index (χ4n) is 2.92. The van der Waals surface area contributed by atoms with Gasteiger partial charge < -0.3 is 5.32 Å². The molecular weight excluding hydrogens is 367 g/mol. The predicted molar refractivity (Wildman–Crippen MR) is 106 cm³/mol. The first kappa shape index (κ1) is 20.9. The summed E-state index contributed by atoms with van der Waals surface area (Å²) in [5, 5.41) is 2.88. The summed E-state index contributed by atoms with van der Waals surface area (Å²) in [7, 11) is -3.86. The van der Waals surface area contributed by atoms with Crippen LogP contribution in [0.15, 0.2) is 48.5 Å². The van der Waals surface area contributed by atoms with Gasteiger partial charge in [0, 0.05) is 0 Å². The smallest absolute Gasteiger partial charge is 0.244 e. The summed E-state index contributed by atoms with van der Waals surface area (Å²) < 4.78 is 39.6. The van der Waals surface area contributed by atoms with Gasteiger partial charge in [0.2, 0.25) is 15.9 Å². The molecule has 5 nitrogen and oxygen atoms in total. The summed E-state index contributed by atoms with van der Waals surface area (Å²) in [6.07, 6.45) is 1.60. The van der Waals surface area contributed by atoms with Gasteiger partial charge in [-0.05, 0) is 38.0 Å². The van der Waals surface area contributed by atoms with Crippen molar-refractivity contribution in [3.05, 3.63) is 65.5 Å². The van der Waals surface area contributed by atoms with Crippen LogP contribution >= 0.6 is 0 Å². The van der Waals surface area contributed by atoms with Crippen molar-refractivity contribution in [2.75, 3.05) is 10.6 Å². The van der Waals surface area contributed by atoms with Crippen LogP contribution in [-0.2, 0) is 14.8 Å². The largest absolute Gasteiger partial charge is 0.347 e. The molecule has 0 aromatic heterocycles. The monoisotopic (exact) mass is 392 g/mol. The van der Waals surface area contributed by atoms with E-state index in [1.54, 1.807) is 0 Å². The van der Waals surface area contributed by atoms with Crippen molar-refractivity contribution in [2.45, 2.75) is 39.3 Å². The zero-order valence-corrected chi connectivity index (χ0v) is 16.8. The summed E-state index contributed by atoms with van der Waals surface area (Å²) in [6.45, 7) is 5.36. The van der Waals surface area contributed by atoms with E-state index >= 15 is 0 Å². The van der Waals surface area contributed by atoms with Gasteiger partial charge in [-0.25, -0.2) is 12.8 Å². The third-order valence-corrected chi connectivity index (χ3v) is 5.61. The lowest BCUT2D eigenvalue weighted by molar-refractivity contribution is -0.122. The van der Waals surface area contributed by atoms with Crippen molar-refractivity contribution in [1.29, 1.82) is 0 Å². The molecule has 0 bridgehead atoms. The van der Waals surface area contributed by atoms with Crippen LogP contribution in [0.25, 0.3) is 0 Å². The minimum Gasteiger partial charge on any atom is -0.347 e. The Morgan fingerprint density at radius 3 is 2.26 bits per heavy atom. The first-order valence-corrected chi connectivity index (χ1v) is 10.6. The van der Waals surface area contributed by atoms with Gasteiger partial charge in [-0.3, -0.25) is 9.10 Å². The summed E-state index contributed by atoms with van der Waals surface area (Å²) in [5.74, 6) is -1.19. The second-order valence-electron chi connectivity index (χ2n) is 6.57. The fourth-order valence-corrected chi connectivity index (χ4v) is 4.10. The van der Waals surface area contributed by atoms with Gasteiger partial charge in [0.25, 0.3) is 0 Å². The highest BCUT2D eigenvalue weighted by Crippen LogP contribution is 2.25. The van der Waals surface area contributed by atoms with Crippen LogP contribution in [0.4, 0.5) is 10.1 Å². The minimum atomic E-state index is -3.86. The highest BCUT2D eigenvalue weighted by molar-refractivity contribution is 7.92. The SMILES string of the molecule is CCC(NC(=O)C(C)N(c1ccccc1F)S(C)(=O)=O)c1ccc(C)cc1. The average molecular weight is 392 g/mol. The summed E-state index contributed by atoms with van der Waals surface area (Å²) in [4.78, 5) is 12.8. The maximum atomic E-state index is 14.2. The molecule has 0 heterocycles. The van der Waals surface area contributed by atoms with E-state index in [-0.39, 0.29) is 11.7 Å². The molecule has 1 N–H and O–H groups in total. The third-order valence-electron chi connectivity index (χ3n) is 4.38. The number of rotatable bonds is 7. The number of nitrogens with one attached hydrogen (secondary N) is 1. The van der Waals surface area contributed by atoms with Gasteiger partial charge in [-0.2, -0.15) is 0 Å². The second kappa shape index (κ2) is 8.52. The Labute approximate surface area is 160 Å². The Kier molecular flexibility index (Phi) is 6.59. The van der Waals surface area contributed by atoms with E-state index in [2.05, 4.69) is 5.32 Å². The standard InChI is InChI=1S/C20H25FN2O3S/c1-5-18(16-12-10-14(2)11-13-16)22-20(24)15(3)23(27(4,25)26)19-9-7-6-8-17(19)21/h6-13,15,18H,5H2,1-4H3,(H,22,24). The Morgan fingerprint density at radius 2 is 1.74 bits per heavy atom. The topological polar surface area (TPSA) is 66.5 Å². The quantitative estimate of drug-likeness (QED) is 0.784. The fraction of sp³-hybridized carbons (Fsp3) is 0.350. The van der Waals surface area contributed by atoms with Gasteiger partial charge in [0.05, 0.1) is 18.0 Å². The molecule has 0 saturated heterocycles. The van der Waals surface area contributed by atoms with Crippen molar-refractivity contribution in [3.63, 3.8) is 0 Å². The van der Waals surface area contributed by atoms with Crippen LogP contribution in [0.1, 0.15) is 37.4 Å². The molecular formula is C20H25FN2O3S. The summed E-state index contributed by atoms with van der Waals surface area (Å²) in [5.41, 5.74) is 1.89. The molecule has 7 heteroatoms. The first-order chi connectivity index (χ1) is 12.6. The van der Waals surface area contributed by atoms with Crippen LogP contribution < -0.4 is 9.62 Å². The molecule has 27 heavy (non-hydrogen) atoms. The summed E-state index contributed by atoms with van der Waals surface area (Å²) >= 11 is 0. The van der Waals surface area contributed by atoms with Crippen molar-refractivity contribution in [1.82, 2.24) is 5.32 Å². The number of carbonyl (C=O) groups excluding carboxylic acids is 1. The van der Waals surface area contributed by atoms with Gasteiger partial charge in [0.15, 0.2) is 0 Å². The number of anilines is 1. The number of para-hydroxylation sites is 1. The molecule has 0 aliphatic carbocycles. The molecule has 1 amide bonds. The molecule has 2 aromatic rings. The number of benzene rings is 2. The number of hydrogen-bond acceptors (Lipinski definition) is 3. The molecule has 0 saturated carbocycles. The lowest BCUT2D eigenvalue weighted by Gasteiger charge is -2.30. The Hall–Kier alpha value is -2.41. The number of aryl methyl sites for hydroxylation is 1. The zero-order valence-electron chi connectivity index (χ0n) is 15.9. The van der Waals surface area contributed by atoms with Crippen LogP contribution in [0, 0.1) is 12.7 Å². The van der Waals surface area contributed by atoms with Crippen molar-refractivity contribution in [2.24, 2.45) is 0 Å². The van der Waals surface area contributed by atoms with Gasteiger partial charge >= 0.3 is 0 Å². The highest BCUT2D eigenvalue weighted by atomic mass is 32.2. The normalized spacial score (nSPS) is 13.7. The van der Waals surface area contributed by atoms with Gasteiger partial charge in [-0.1, -0.05) is 48.9 Å². The van der Waals surface area contributed by atoms with Crippen molar-refractivity contribution in [3.8, 4) is 0 Å². The molecule has 2 aromatic carbocycles. The molecule has 2 atom stereocenters. The minimum absolute atomic E-state index is 0.147. The first-order valence-electron chi connectivity index (χ1n) is 8.76. The number of hydrogen-bond donors (Lipinski definition) is 1.